The Labute approximate surface area is 155 Å². The molecule has 1 N–H and O–H groups in total. The molecule has 0 unspecified atom stereocenters. The van der Waals surface area contributed by atoms with E-state index in [0.29, 0.717) is 29.3 Å². The number of amides is 1. The number of rotatable bonds is 6. The zero-order valence-electron chi connectivity index (χ0n) is 13.7. The largest absolute Gasteiger partial charge is 0.497 e. The molecule has 0 atom stereocenters. The number of methoxy groups -OCH3 is 1. The van der Waals surface area contributed by atoms with Crippen LogP contribution < -0.4 is 10.1 Å². The normalized spacial score (nSPS) is 10.5. The van der Waals surface area contributed by atoms with E-state index in [0.717, 1.165) is 16.3 Å². The highest BCUT2D eigenvalue weighted by atomic mass is 35.5. The highest BCUT2D eigenvalue weighted by Gasteiger charge is 2.08. The summed E-state index contributed by atoms with van der Waals surface area (Å²) in [6, 6.07) is 14.7. The molecule has 0 bridgehead atoms. The van der Waals surface area contributed by atoms with Crippen molar-refractivity contribution in [2.24, 2.45) is 0 Å². The average molecular weight is 373 g/mol. The Morgan fingerprint density at radius 1 is 1.24 bits per heavy atom. The smallest absolute Gasteiger partial charge is 0.251 e. The molecule has 0 spiro atoms. The van der Waals surface area contributed by atoms with E-state index in [1.807, 2.05) is 35.7 Å². The van der Waals surface area contributed by atoms with Gasteiger partial charge in [-0.25, -0.2) is 4.98 Å². The molecular formula is C19H17ClN2O2S. The number of halogens is 1. The zero-order valence-corrected chi connectivity index (χ0v) is 15.2. The first-order valence-corrected chi connectivity index (χ1v) is 9.04. The third-order valence-electron chi connectivity index (χ3n) is 3.64. The van der Waals surface area contributed by atoms with Crippen LogP contribution in [-0.4, -0.2) is 24.5 Å². The van der Waals surface area contributed by atoms with E-state index < -0.39 is 0 Å². The van der Waals surface area contributed by atoms with E-state index >= 15 is 0 Å². The summed E-state index contributed by atoms with van der Waals surface area (Å²) in [6.07, 6.45) is 0.680. The molecule has 6 heteroatoms. The minimum absolute atomic E-state index is 0.118. The Morgan fingerprint density at radius 3 is 2.80 bits per heavy atom. The summed E-state index contributed by atoms with van der Waals surface area (Å²) in [4.78, 5) is 16.8. The van der Waals surface area contributed by atoms with Crippen LogP contribution >= 0.6 is 22.9 Å². The molecule has 1 amide bonds. The van der Waals surface area contributed by atoms with Gasteiger partial charge in [0.1, 0.15) is 10.8 Å². The second-order valence-electron chi connectivity index (χ2n) is 5.39. The Balaban J connectivity index is 1.55. The van der Waals surface area contributed by atoms with Crippen LogP contribution in [0.1, 0.15) is 16.1 Å². The third kappa shape index (κ3) is 4.59. The summed E-state index contributed by atoms with van der Waals surface area (Å²) in [6.45, 7) is 0.528. The summed E-state index contributed by atoms with van der Waals surface area (Å²) >= 11 is 7.49. The molecule has 0 aliphatic rings. The number of carbonyl (C=O) groups is 1. The molecule has 1 aromatic heterocycles. The molecule has 128 valence electrons. The van der Waals surface area contributed by atoms with Gasteiger partial charge >= 0.3 is 0 Å². The van der Waals surface area contributed by atoms with Crippen LogP contribution in [0.2, 0.25) is 5.02 Å². The van der Waals surface area contributed by atoms with Crippen LogP contribution in [0, 0.1) is 0 Å². The van der Waals surface area contributed by atoms with Gasteiger partial charge in [-0.05, 0) is 30.3 Å². The lowest BCUT2D eigenvalue weighted by Crippen LogP contribution is -2.25. The third-order valence-corrected chi connectivity index (χ3v) is 4.83. The topological polar surface area (TPSA) is 51.2 Å². The lowest BCUT2D eigenvalue weighted by atomic mass is 10.2. The van der Waals surface area contributed by atoms with E-state index in [1.165, 1.54) is 0 Å². The predicted octanol–water partition coefficient (Wildman–Crippen LogP) is 4.44. The van der Waals surface area contributed by atoms with Crippen LogP contribution in [0.5, 0.6) is 5.75 Å². The van der Waals surface area contributed by atoms with Gasteiger partial charge in [-0.1, -0.05) is 29.8 Å². The first-order chi connectivity index (χ1) is 12.2. The molecule has 3 rings (SSSR count). The number of carbonyl (C=O) groups excluding carboxylic acids is 1. The summed E-state index contributed by atoms with van der Waals surface area (Å²) < 4.78 is 5.13. The fraction of sp³-hybridized carbons (Fsp3) is 0.158. The van der Waals surface area contributed by atoms with Crippen molar-refractivity contribution in [1.29, 1.82) is 0 Å². The van der Waals surface area contributed by atoms with Crippen LogP contribution in [0.4, 0.5) is 0 Å². The van der Waals surface area contributed by atoms with Crippen molar-refractivity contribution in [2.75, 3.05) is 13.7 Å². The molecule has 4 nitrogen and oxygen atoms in total. The number of ether oxygens (including phenoxy) is 1. The van der Waals surface area contributed by atoms with Gasteiger partial charge in [0.15, 0.2) is 0 Å². The van der Waals surface area contributed by atoms with Gasteiger partial charge < -0.3 is 10.1 Å². The molecule has 25 heavy (non-hydrogen) atoms. The average Bonchev–Trinajstić information content (AvgIpc) is 3.11. The van der Waals surface area contributed by atoms with Gasteiger partial charge in [-0.2, -0.15) is 0 Å². The first kappa shape index (κ1) is 17.5. The minimum Gasteiger partial charge on any atom is -0.497 e. The maximum Gasteiger partial charge on any atom is 0.251 e. The molecular weight excluding hydrogens is 356 g/mol. The Kier molecular flexibility index (Phi) is 5.68. The Morgan fingerprint density at radius 2 is 2.04 bits per heavy atom. The highest BCUT2D eigenvalue weighted by Crippen LogP contribution is 2.25. The van der Waals surface area contributed by atoms with E-state index in [4.69, 9.17) is 16.3 Å². The molecule has 3 aromatic rings. The zero-order chi connectivity index (χ0) is 17.6. The number of nitrogens with one attached hydrogen (secondary N) is 1. The molecule has 2 aromatic carbocycles. The van der Waals surface area contributed by atoms with Crippen molar-refractivity contribution in [3.63, 3.8) is 0 Å². The molecule has 0 radical (unpaired) electrons. The first-order valence-electron chi connectivity index (χ1n) is 7.78. The van der Waals surface area contributed by atoms with Gasteiger partial charge in [0.2, 0.25) is 0 Å². The maximum atomic E-state index is 12.2. The van der Waals surface area contributed by atoms with Crippen LogP contribution in [0.3, 0.4) is 0 Å². The molecule has 0 saturated heterocycles. The second kappa shape index (κ2) is 8.14. The van der Waals surface area contributed by atoms with Gasteiger partial charge in [-0.3, -0.25) is 4.79 Å². The number of aromatic nitrogens is 1. The lowest BCUT2D eigenvalue weighted by Gasteiger charge is -2.05. The van der Waals surface area contributed by atoms with Crippen LogP contribution in [0.15, 0.2) is 53.9 Å². The summed E-state index contributed by atoms with van der Waals surface area (Å²) in [7, 11) is 1.58. The van der Waals surface area contributed by atoms with Crippen molar-refractivity contribution < 1.29 is 9.53 Å². The van der Waals surface area contributed by atoms with E-state index in [1.54, 1.807) is 36.6 Å². The van der Waals surface area contributed by atoms with Gasteiger partial charge in [0.25, 0.3) is 5.91 Å². The van der Waals surface area contributed by atoms with E-state index in [9.17, 15) is 4.79 Å². The van der Waals surface area contributed by atoms with Crippen molar-refractivity contribution in [2.45, 2.75) is 6.42 Å². The van der Waals surface area contributed by atoms with Crippen LogP contribution in [-0.2, 0) is 6.42 Å². The second-order valence-corrected chi connectivity index (χ2v) is 6.68. The van der Waals surface area contributed by atoms with Crippen LogP contribution in [0.25, 0.3) is 10.6 Å². The lowest BCUT2D eigenvalue weighted by molar-refractivity contribution is 0.0953. The summed E-state index contributed by atoms with van der Waals surface area (Å²) in [5, 5.41) is 6.58. The molecule has 0 aliphatic carbocycles. The Bertz CT molecular complexity index is 862. The summed E-state index contributed by atoms with van der Waals surface area (Å²) in [5.74, 6) is 0.548. The quantitative estimate of drug-likeness (QED) is 0.695. The SMILES string of the molecule is COc1cccc(C(=O)NCCc2csc(-c3ccc(Cl)cc3)n2)c1. The molecule has 0 saturated carbocycles. The summed E-state index contributed by atoms with van der Waals surface area (Å²) in [5.41, 5.74) is 2.58. The number of benzene rings is 2. The standard InChI is InChI=1S/C19H17ClN2O2S/c1-24-17-4-2-3-14(11-17)18(23)21-10-9-16-12-25-19(22-16)13-5-7-15(20)8-6-13/h2-8,11-12H,9-10H2,1H3,(H,21,23). The van der Waals surface area contributed by atoms with E-state index in [2.05, 4.69) is 10.3 Å². The van der Waals surface area contributed by atoms with Crippen molar-refractivity contribution >= 4 is 28.8 Å². The number of hydrogen-bond acceptors (Lipinski definition) is 4. The number of nitrogens with zero attached hydrogens (tertiary/aromatic N) is 1. The maximum absolute atomic E-state index is 12.2. The predicted molar refractivity (Wildman–Crippen MR) is 102 cm³/mol. The molecule has 0 aliphatic heterocycles. The fourth-order valence-electron chi connectivity index (χ4n) is 2.32. The Hall–Kier alpha value is -2.37. The molecule has 0 fully saturated rings. The van der Waals surface area contributed by atoms with Gasteiger partial charge in [0.05, 0.1) is 12.8 Å². The van der Waals surface area contributed by atoms with Gasteiger partial charge in [-0.15, -0.1) is 11.3 Å². The monoisotopic (exact) mass is 372 g/mol. The van der Waals surface area contributed by atoms with Crippen molar-refractivity contribution in [3.05, 3.63) is 70.2 Å². The fourth-order valence-corrected chi connectivity index (χ4v) is 3.30. The van der Waals surface area contributed by atoms with Crippen molar-refractivity contribution in [1.82, 2.24) is 10.3 Å². The van der Waals surface area contributed by atoms with E-state index in [-0.39, 0.29) is 5.91 Å². The van der Waals surface area contributed by atoms with Crippen molar-refractivity contribution in [3.8, 4) is 16.3 Å². The number of hydrogen-bond donors (Lipinski definition) is 1. The highest BCUT2D eigenvalue weighted by molar-refractivity contribution is 7.13. The molecule has 1 heterocycles. The minimum atomic E-state index is -0.118. The van der Waals surface area contributed by atoms with Gasteiger partial charge in [0, 0.05) is 34.5 Å². The number of thiazole rings is 1.